The van der Waals surface area contributed by atoms with Crippen molar-refractivity contribution in [2.75, 3.05) is 6.54 Å². The van der Waals surface area contributed by atoms with Crippen LogP contribution in [0.15, 0.2) is 16.3 Å². The number of nitrogens with zero attached hydrogens (tertiary/aromatic N) is 1. The van der Waals surface area contributed by atoms with Crippen LogP contribution in [0.4, 0.5) is 0 Å². The summed E-state index contributed by atoms with van der Waals surface area (Å²) in [6.07, 6.45) is 4.79. The molecule has 0 amide bonds. The molecular weight excluding hydrogens is 262 g/mol. The van der Waals surface area contributed by atoms with Crippen LogP contribution in [0.1, 0.15) is 73.1 Å². The van der Waals surface area contributed by atoms with Crippen LogP contribution >= 0.6 is 0 Å². The van der Waals surface area contributed by atoms with Gasteiger partial charge in [-0.3, -0.25) is 9.79 Å². The minimum absolute atomic E-state index is 0.0425. The van der Waals surface area contributed by atoms with Crippen molar-refractivity contribution in [1.29, 1.82) is 0 Å². The summed E-state index contributed by atoms with van der Waals surface area (Å²) in [6.45, 7) is 11.3. The normalized spacial score (nSPS) is 20.1. The van der Waals surface area contributed by atoms with Crippen LogP contribution in [0.2, 0.25) is 0 Å². The summed E-state index contributed by atoms with van der Waals surface area (Å²) in [5, 5.41) is 10.4. The van der Waals surface area contributed by atoms with Gasteiger partial charge >= 0.3 is 0 Å². The fourth-order valence-electron chi connectivity index (χ4n) is 2.69. The molecule has 0 bridgehead atoms. The Kier molecular flexibility index (Phi) is 6.63. The highest BCUT2D eigenvalue weighted by molar-refractivity contribution is 6.23. The van der Waals surface area contributed by atoms with E-state index in [9.17, 15) is 9.90 Å². The van der Waals surface area contributed by atoms with E-state index in [0.717, 1.165) is 37.9 Å². The van der Waals surface area contributed by atoms with Crippen molar-refractivity contribution in [2.45, 2.75) is 73.1 Å². The molecule has 1 rings (SSSR count). The minimum Gasteiger partial charge on any atom is -0.511 e. The van der Waals surface area contributed by atoms with Crippen molar-refractivity contribution < 1.29 is 9.90 Å². The molecule has 0 radical (unpaired) electrons. The van der Waals surface area contributed by atoms with E-state index >= 15 is 0 Å². The van der Waals surface area contributed by atoms with E-state index < -0.39 is 0 Å². The van der Waals surface area contributed by atoms with E-state index in [1.807, 2.05) is 0 Å². The summed E-state index contributed by atoms with van der Waals surface area (Å²) in [7, 11) is 0. The number of carbonyl (C=O) groups is 1. The largest absolute Gasteiger partial charge is 0.511 e. The Labute approximate surface area is 129 Å². The number of carbonyl (C=O) groups excluding carboxylic acids is 1. The maximum Gasteiger partial charge on any atom is 0.168 e. The van der Waals surface area contributed by atoms with E-state index in [1.165, 1.54) is 0 Å². The number of allylic oxidation sites excluding steroid dienone is 2. The van der Waals surface area contributed by atoms with E-state index in [0.29, 0.717) is 24.3 Å². The van der Waals surface area contributed by atoms with Crippen LogP contribution in [-0.2, 0) is 4.79 Å². The number of unbranched alkanes of at least 4 members (excludes halogenated alkanes) is 1. The van der Waals surface area contributed by atoms with E-state index in [1.54, 1.807) is 0 Å². The van der Waals surface area contributed by atoms with Gasteiger partial charge in [0.05, 0.1) is 5.57 Å². The van der Waals surface area contributed by atoms with Gasteiger partial charge in [-0.05, 0) is 30.6 Å². The van der Waals surface area contributed by atoms with Crippen molar-refractivity contribution >= 4 is 11.5 Å². The molecule has 1 aliphatic rings. The van der Waals surface area contributed by atoms with Gasteiger partial charge in [-0.25, -0.2) is 0 Å². The van der Waals surface area contributed by atoms with Crippen molar-refractivity contribution in [3.63, 3.8) is 0 Å². The third kappa shape index (κ3) is 5.64. The molecule has 0 unspecified atom stereocenters. The molecule has 1 aliphatic carbocycles. The molecule has 0 atom stereocenters. The van der Waals surface area contributed by atoms with Gasteiger partial charge in [-0.1, -0.05) is 41.0 Å². The standard InChI is InChI=1S/C18H31NO2/c1-6-7-10-19-14(11-13(2)3)17-15(20)8-9-18(4,5)12-16(17)21/h13,20H,6-12H2,1-5H3. The molecular formula is C18H31NO2. The molecule has 0 fully saturated rings. The smallest absolute Gasteiger partial charge is 0.168 e. The first-order valence-electron chi connectivity index (χ1n) is 8.26. The lowest BCUT2D eigenvalue weighted by Crippen LogP contribution is -2.21. The Balaban J connectivity index is 3.08. The van der Waals surface area contributed by atoms with Gasteiger partial charge in [-0.15, -0.1) is 0 Å². The molecule has 0 aromatic heterocycles. The molecule has 0 aromatic rings. The van der Waals surface area contributed by atoms with Crippen LogP contribution in [0.5, 0.6) is 0 Å². The molecule has 3 heteroatoms. The number of rotatable bonds is 6. The van der Waals surface area contributed by atoms with Gasteiger partial charge in [0.1, 0.15) is 5.76 Å². The van der Waals surface area contributed by atoms with Crippen LogP contribution in [0.3, 0.4) is 0 Å². The van der Waals surface area contributed by atoms with Gasteiger partial charge in [0, 0.05) is 25.1 Å². The molecule has 0 aromatic carbocycles. The van der Waals surface area contributed by atoms with Crippen molar-refractivity contribution in [3.05, 3.63) is 11.3 Å². The molecule has 21 heavy (non-hydrogen) atoms. The van der Waals surface area contributed by atoms with Gasteiger partial charge in [0.2, 0.25) is 0 Å². The molecule has 3 nitrogen and oxygen atoms in total. The average Bonchev–Trinajstić information content (AvgIpc) is 2.44. The Hall–Kier alpha value is -1.12. The fraction of sp³-hybridized carbons (Fsp3) is 0.778. The van der Waals surface area contributed by atoms with E-state index in [4.69, 9.17) is 0 Å². The maximum atomic E-state index is 12.6. The summed E-state index contributed by atoms with van der Waals surface area (Å²) >= 11 is 0. The first-order chi connectivity index (χ1) is 9.76. The monoisotopic (exact) mass is 293 g/mol. The lowest BCUT2D eigenvalue weighted by Gasteiger charge is -2.20. The molecule has 1 N–H and O–H groups in total. The number of Topliss-reactive ketones (excluding diaryl/α,β-unsaturated/α-hetero) is 1. The molecule has 0 spiro atoms. The lowest BCUT2D eigenvalue weighted by molar-refractivity contribution is -0.116. The number of hydrogen-bond donors (Lipinski definition) is 1. The highest BCUT2D eigenvalue weighted by Gasteiger charge is 2.32. The zero-order chi connectivity index (χ0) is 16.0. The van der Waals surface area contributed by atoms with Crippen molar-refractivity contribution in [2.24, 2.45) is 16.3 Å². The zero-order valence-corrected chi connectivity index (χ0v) is 14.3. The molecule has 0 saturated carbocycles. The number of aliphatic hydroxyl groups excluding tert-OH is 1. The molecule has 0 heterocycles. The summed E-state index contributed by atoms with van der Waals surface area (Å²) in [4.78, 5) is 17.2. The lowest BCUT2D eigenvalue weighted by atomic mass is 9.83. The number of aliphatic imine (C=N–C) groups is 1. The summed E-state index contributed by atoms with van der Waals surface area (Å²) in [5.74, 6) is 0.738. The number of hydrogen-bond acceptors (Lipinski definition) is 3. The van der Waals surface area contributed by atoms with Crippen LogP contribution < -0.4 is 0 Å². The summed E-state index contributed by atoms with van der Waals surface area (Å²) in [5.41, 5.74) is 1.29. The SMILES string of the molecule is CCCCN=C(CC(C)C)C1=C(O)CCC(C)(C)CC1=O. The second-order valence-electron chi connectivity index (χ2n) is 7.37. The first kappa shape index (κ1) is 17.9. The van der Waals surface area contributed by atoms with E-state index in [2.05, 4.69) is 39.6 Å². The third-order valence-corrected chi connectivity index (χ3v) is 3.95. The quantitative estimate of drug-likeness (QED) is 0.561. The molecule has 0 saturated heterocycles. The predicted molar refractivity (Wildman–Crippen MR) is 89.0 cm³/mol. The second kappa shape index (κ2) is 7.77. The van der Waals surface area contributed by atoms with Gasteiger partial charge in [0.15, 0.2) is 5.78 Å². The van der Waals surface area contributed by atoms with E-state index in [-0.39, 0.29) is 17.0 Å². The molecule has 120 valence electrons. The summed E-state index contributed by atoms with van der Waals surface area (Å²) < 4.78 is 0. The topological polar surface area (TPSA) is 49.7 Å². The van der Waals surface area contributed by atoms with Gasteiger partial charge in [-0.2, -0.15) is 0 Å². The van der Waals surface area contributed by atoms with Crippen LogP contribution in [0.25, 0.3) is 0 Å². The van der Waals surface area contributed by atoms with Crippen LogP contribution in [0, 0.1) is 11.3 Å². The first-order valence-corrected chi connectivity index (χ1v) is 8.26. The average molecular weight is 293 g/mol. The predicted octanol–water partition coefficient (Wildman–Crippen LogP) is 4.86. The number of ketones is 1. The minimum atomic E-state index is -0.0425. The van der Waals surface area contributed by atoms with Crippen molar-refractivity contribution in [3.8, 4) is 0 Å². The maximum absolute atomic E-state index is 12.6. The summed E-state index contributed by atoms with van der Waals surface area (Å²) in [6, 6.07) is 0. The Morgan fingerprint density at radius 3 is 2.62 bits per heavy atom. The Morgan fingerprint density at radius 2 is 2.05 bits per heavy atom. The fourth-order valence-corrected chi connectivity index (χ4v) is 2.69. The number of aliphatic hydroxyl groups is 1. The third-order valence-electron chi connectivity index (χ3n) is 3.95. The van der Waals surface area contributed by atoms with Gasteiger partial charge < -0.3 is 5.11 Å². The highest BCUT2D eigenvalue weighted by Crippen LogP contribution is 2.35. The van der Waals surface area contributed by atoms with Crippen molar-refractivity contribution in [1.82, 2.24) is 0 Å². The highest BCUT2D eigenvalue weighted by atomic mass is 16.3. The van der Waals surface area contributed by atoms with Crippen LogP contribution in [-0.4, -0.2) is 23.1 Å². The Bertz CT molecular complexity index is 430. The van der Waals surface area contributed by atoms with Gasteiger partial charge in [0.25, 0.3) is 0 Å². The Morgan fingerprint density at radius 1 is 1.38 bits per heavy atom. The zero-order valence-electron chi connectivity index (χ0n) is 14.3. The second-order valence-corrected chi connectivity index (χ2v) is 7.37. The molecule has 0 aliphatic heterocycles.